The third-order valence-electron chi connectivity index (χ3n) is 4.05. The first-order valence-corrected chi connectivity index (χ1v) is 9.86. The minimum absolute atomic E-state index is 0.112. The van der Waals surface area contributed by atoms with E-state index in [1.807, 2.05) is 0 Å². The van der Waals surface area contributed by atoms with Crippen LogP contribution < -0.4 is 0 Å². The van der Waals surface area contributed by atoms with Crippen molar-refractivity contribution in [3.05, 3.63) is 33.8 Å². The molecule has 0 radical (unpaired) electrons. The molecule has 132 valence electrons. The Labute approximate surface area is 156 Å². The average Bonchev–Trinajstić information content (AvgIpc) is 2.99. The fraction of sp³-hybridized carbons (Fsp3) is 0.529. The first kappa shape index (κ1) is 19.4. The number of nitrogens with zero attached hydrogens (tertiary/aromatic N) is 1. The van der Waals surface area contributed by atoms with Crippen LogP contribution in [0.25, 0.3) is 0 Å². The second-order valence-electron chi connectivity index (χ2n) is 5.82. The number of carboxylic acid groups (broad SMARTS) is 1. The molecular formula is C17H21Cl2NO3S. The number of hydrogen-bond donors (Lipinski definition) is 1. The number of rotatable bonds is 7. The van der Waals surface area contributed by atoms with Crippen molar-refractivity contribution in [2.75, 3.05) is 5.75 Å². The number of halogens is 2. The van der Waals surface area contributed by atoms with E-state index in [0.29, 0.717) is 22.2 Å². The van der Waals surface area contributed by atoms with Gasteiger partial charge in [0.1, 0.15) is 11.4 Å². The molecule has 1 amide bonds. The van der Waals surface area contributed by atoms with Crippen molar-refractivity contribution in [1.29, 1.82) is 0 Å². The van der Waals surface area contributed by atoms with Crippen LogP contribution in [0, 0.1) is 0 Å². The van der Waals surface area contributed by atoms with Crippen molar-refractivity contribution in [1.82, 2.24) is 4.90 Å². The topological polar surface area (TPSA) is 57.6 Å². The van der Waals surface area contributed by atoms with E-state index in [1.165, 1.54) is 16.7 Å². The quantitative estimate of drug-likeness (QED) is 0.667. The summed E-state index contributed by atoms with van der Waals surface area (Å²) in [5.74, 6) is -0.701. The summed E-state index contributed by atoms with van der Waals surface area (Å²) < 4.78 is 0. The molecule has 1 aromatic carbocycles. The second-order valence-corrected chi connectivity index (χ2v) is 7.75. The molecule has 1 heterocycles. The Kier molecular flexibility index (Phi) is 7.26. The molecule has 7 heteroatoms. The van der Waals surface area contributed by atoms with Crippen LogP contribution in [0.1, 0.15) is 50.0 Å². The monoisotopic (exact) mass is 389 g/mol. The Morgan fingerprint density at radius 1 is 1.25 bits per heavy atom. The van der Waals surface area contributed by atoms with Crippen molar-refractivity contribution in [3.63, 3.8) is 0 Å². The van der Waals surface area contributed by atoms with E-state index < -0.39 is 12.0 Å². The zero-order valence-electron chi connectivity index (χ0n) is 13.5. The van der Waals surface area contributed by atoms with Crippen LogP contribution in [0.2, 0.25) is 10.0 Å². The molecular weight excluding hydrogens is 369 g/mol. The van der Waals surface area contributed by atoms with E-state index >= 15 is 0 Å². The Morgan fingerprint density at radius 2 is 2.00 bits per heavy atom. The Morgan fingerprint density at radius 3 is 2.62 bits per heavy atom. The van der Waals surface area contributed by atoms with Gasteiger partial charge in [0.05, 0.1) is 10.0 Å². The van der Waals surface area contributed by atoms with Gasteiger partial charge >= 0.3 is 5.97 Å². The molecule has 1 aromatic rings. The minimum Gasteiger partial charge on any atom is -0.480 e. The van der Waals surface area contributed by atoms with Crippen molar-refractivity contribution in [3.8, 4) is 0 Å². The molecule has 0 bridgehead atoms. The maximum Gasteiger partial charge on any atom is 0.327 e. The van der Waals surface area contributed by atoms with E-state index in [0.717, 1.165) is 31.2 Å². The Bertz CT molecular complexity index is 611. The molecule has 1 aliphatic heterocycles. The van der Waals surface area contributed by atoms with Gasteiger partial charge in [0.25, 0.3) is 0 Å². The highest BCUT2D eigenvalue weighted by atomic mass is 35.5. The third-order valence-corrected chi connectivity index (χ3v) is 6.11. The zero-order chi connectivity index (χ0) is 17.7. The summed E-state index contributed by atoms with van der Waals surface area (Å²) in [5.41, 5.74) is 0.806. The van der Waals surface area contributed by atoms with Gasteiger partial charge in [0.15, 0.2) is 0 Å². The van der Waals surface area contributed by atoms with E-state index in [4.69, 9.17) is 23.2 Å². The van der Waals surface area contributed by atoms with Crippen LogP contribution in [0.15, 0.2) is 18.2 Å². The molecule has 1 fully saturated rings. The first-order chi connectivity index (χ1) is 11.5. The van der Waals surface area contributed by atoms with Gasteiger partial charge in [-0.25, -0.2) is 4.79 Å². The predicted octanol–water partition coefficient (Wildman–Crippen LogP) is 4.99. The fourth-order valence-corrected chi connectivity index (χ4v) is 4.49. The van der Waals surface area contributed by atoms with Crippen molar-refractivity contribution in [2.24, 2.45) is 0 Å². The summed E-state index contributed by atoms with van der Waals surface area (Å²) in [4.78, 5) is 25.7. The molecule has 2 unspecified atom stereocenters. The molecule has 4 nitrogen and oxygen atoms in total. The van der Waals surface area contributed by atoms with Crippen molar-refractivity contribution >= 4 is 46.8 Å². The summed E-state index contributed by atoms with van der Waals surface area (Å²) >= 11 is 13.5. The highest BCUT2D eigenvalue weighted by Gasteiger charge is 2.42. The number of amides is 1. The minimum atomic E-state index is -0.966. The summed E-state index contributed by atoms with van der Waals surface area (Å²) in [6.45, 7) is 2.11. The van der Waals surface area contributed by atoms with Crippen molar-refractivity contribution < 1.29 is 14.7 Å². The maximum atomic E-state index is 12.6. The van der Waals surface area contributed by atoms with E-state index in [2.05, 4.69) is 6.92 Å². The first-order valence-electron chi connectivity index (χ1n) is 8.06. The van der Waals surface area contributed by atoms with Crippen LogP contribution in [0.3, 0.4) is 0 Å². The normalized spacial score (nSPS) is 20.4. The predicted molar refractivity (Wildman–Crippen MR) is 98.7 cm³/mol. The third kappa shape index (κ3) is 4.58. The highest BCUT2D eigenvalue weighted by Crippen LogP contribution is 2.43. The molecule has 0 aliphatic carbocycles. The molecule has 1 N–H and O–H groups in total. The number of carbonyl (C=O) groups is 2. The lowest BCUT2D eigenvalue weighted by Crippen LogP contribution is -2.42. The number of carboxylic acids is 1. The van der Waals surface area contributed by atoms with Gasteiger partial charge in [-0.1, -0.05) is 55.5 Å². The van der Waals surface area contributed by atoms with Gasteiger partial charge in [-0.2, -0.15) is 0 Å². The molecule has 0 saturated carbocycles. The van der Waals surface area contributed by atoms with Gasteiger partial charge < -0.3 is 10.0 Å². The fourth-order valence-electron chi connectivity index (χ4n) is 2.76. The van der Waals surface area contributed by atoms with Crippen LogP contribution in [0.5, 0.6) is 0 Å². The van der Waals surface area contributed by atoms with Gasteiger partial charge in [-0.05, 0) is 24.1 Å². The van der Waals surface area contributed by atoms with Gasteiger partial charge in [0, 0.05) is 12.2 Å². The SMILES string of the molecule is CCCCCCC(=O)N1C(C(=O)O)CSC1c1ccc(Cl)c(Cl)c1. The molecule has 1 aliphatic rings. The van der Waals surface area contributed by atoms with Crippen LogP contribution >= 0.6 is 35.0 Å². The van der Waals surface area contributed by atoms with Crippen LogP contribution in [0.4, 0.5) is 0 Å². The van der Waals surface area contributed by atoms with Gasteiger partial charge in [-0.15, -0.1) is 11.8 Å². The molecule has 1 saturated heterocycles. The number of hydrogen-bond acceptors (Lipinski definition) is 3. The summed E-state index contributed by atoms with van der Waals surface area (Å²) in [6, 6.07) is 4.39. The van der Waals surface area contributed by atoms with Crippen LogP contribution in [-0.4, -0.2) is 33.7 Å². The molecule has 2 rings (SSSR count). The average molecular weight is 390 g/mol. The summed E-state index contributed by atoms with van der Waals surface area (Å²) in [7, 11) is 0. The van der Waals surface area contributed by atoms with Gasteiger partial charge in [0.2, 0.25) is 5.91 Å². The molecule has 0 aromatic heterocycles. The summed E-state index contributed by atoms with van der Waals surface area (Å²) in [5, 5.41) is 9.96. The number of benzene rings is 1. The lowest BCUT2D eigenvalue weighted by atomic mass is 10.1. The van der Waals surface area contributed by atoms with E-state index in [-0.39, 0.29) is 11.3 Å². The standard InChI is InChI=1S/C17H21Cl2NO3S/c1-2-3-4-5-6-15(21)20-14(17(22)23)10-24-16(20)11-7-8-12(18)13(19)9-11/h7-9,14,16H,2-6,10H2,1H3,(H,22,23). The smallest absolute Gasteiger partial charge is 0.327 e. The molecule has 24 heavy (non-hydrogen) atoms. The van der Waals surface area contributed by atoms with Crippen molar-refractivity contribution in [2.45, 2.75) is 50.4 Å². The molecule has 0 spiro atoms. The second kappa shape index (κ2) is 8.97. The number of aliphatic carboxylic acids is 1. The van der Waals surface area contributed by atoms with Gasteiger partial charge in [-0.3, -0.25) is 4.79 Å². The highest BCUT2D eigenvalue weighted by molar-refractivity contribution is 7.99. The number of carbonyl (C=O) groups excluding carboxylic acids is 1. The molecule has 2 atom stereocenters. The van der Waals surface area contributed by atoms with E-state index in [1.54, 1.807) is 18.2 Å². The summed E-state index contributed by atoms with van der Waals surface area (Å²) in [6.07, 6.45) is 4.33. The lowest BCUT2D eigenvalue weighted by Gasteiger charge is -2.28. The lowest BCUT2D eigenvalue weighted by molar-refractivity contribution is -0.149. The van der Waals surface area contributed by atoms with E-state index in [9.17, 15) is 14.7 Å². The van der Waals surface area contributed by atoms with Crippen LogP contribution in [-0.2, 0) is 9.59 Å². The largest absolute Gasteiger partial charge is 0.480 e. The Balaban J connectivity index is 2.17. The number of unbranched alkanes of at least 4 members (excludes halogenated alkanes) is 3. The zero-order valence-corrected chi connectivity index (χ0v) is 15.8. The number of thioether (sulfide) groups is 1. The Hall–Kier alpha value is -0.910. The maximum absolute atomic E-state index is 12.6.